The topological polar surface area (TPSA) is 21.3 Å². The van der Waals surface area contributed by atoms with E-state index in [1.54, 1.807) is 12.1 Å². The number of nitrogens with one attached hydrogen (secondary N) is 1. The summed E-state index contributed by atoms with van der Waals surface area (Å²) in [7, 11) is 0. The van der Waals surface area contributed by atoms with E-state index in [2.05, 4.69) is 12.2 Å². The highest BCUT2D eigenvalue weighted by molar-refractivity contribution is 6.30. The van der Waals surface area contributed by atoms with Crippen molar-refractivity contribution in [2.45, 2.75) is 19.9 Å². The summed E-state index contributed by atoms with van der Waals surface area (Å²) in [6.45, 7) is 3.21. The fourth-order valence-corrected chi connectivity index (χ4v) is 1.99. The van der Waals surface area contributed by atoms with Crippen LogP contribution >= 0.6 is 11.6 Å². The molecule has 1 N–H and O–H groups in total. The number of benzene rings is 2. The summed E-state index contributed by atoms with van der Waals surface area (Å²) in [6, 6.07) is 11.9. The zero-order valence-corrected chi connectivity index (χ0v) is 12.1. The summed E-state index contributed by atoms with van der Waals surface area (Å²) < 4.78 is 18.8. The number of anilines is 1. The van der Waals surface area contributed by atoms with E-state index in [9.17, 15) is 4.39 Å². The molecule has 2 nitrogen and oxygen atoms in total. The van der Waals surface area contributed by atoms with Crippen molar-refractivity contribution in [2.75, 3.05) is 11.9 Å². The number of hydrogen-bond donors (Lipinski definition) is 1. The summed E-state index contributed by atoms with van der Waals surface area (Å²) in [6.07, 6.45) is 0.936. The fraction of sp³-hybridized carbons (Fsp3) is 0.250. The van der Waals surface area contributed by atoms with Crippen molar-refractivity contribution in [1.82, 2.24) is 0 Å². The number of halogens is 2. The lowest BCUT2D eigenvalue weighted by Crippen LogP contribution is -2.03. The van der Waals surface area contributed by atoms with Gasteiger partial charge in [-0.1, -0.05) is 30.7 Å². The van der Waals surface area contributed by atoms with Gasteiger partial charge in [0.05, 0.1) is 12.3 Å². The fourth-order valence-electron chi connectivity index (χ4n) is 1.82. The third-order valence-corrected chi connectivity index (χ3v) is 3.01. The van der Waals surface area contributed by atoms with Gasteiger partial charge in [0, 0.05) is 11.6 Å². The third kappa shape index (κ3) is 4.14. The average molecular weight is 294 g/mol. The van der Waals surface area contributed by atoms with Crippen molar-refractivity contribution < 1.29 is 9.13 Å². The molecule has 0 atom stereocenters. The minimum atomic E-state index is -0.238. The molecule has 2 rings (SSSR count). The summed E-state index contributed by atoms with van der Waals surface area (Å²) in [5.74, 6) is 0.519. The first-order valence-corrected chi connectivity index (χ1v) is 6.97. The average Bonchev–Trinajstić information content (AvgIpc) is 2.44. The first kappa shape index (κ1) is 14.7. The number of hydrogen-bond acceptors (Lipinski definition) is 2. The summed E-state index contributed by atoms with van der Waals surface area (Å²) >= 11 is 6.00. The van der Waals surface area contributed by atoms with Crippen LogP contribution in [0.5, 0.6) is 5.75 Å². The molecule has 0 unspecified atom stereocenters. The molecule has 20 heavy (non-hydrogen) atoms. The van der Waals surface area contributed by atoms with E-state index < -0.39 is 0 Å². The van der Waals surface area contributed by atoms with E-state index in [1.807, 2.05) is 18.2 Å². The molecule has 106 valence electrons. The van der Waals surface area contributed by atoms with Crippen molar-refractivity contribution in [3.8, 4) is 5.75 Å². The largest absolute Gasteiger partial charge is 0.491 e. The maximum atomic E-state index is 13.1. The van der Waals surface area contributed by atoms with Gasteiger partial charge in [0.15, 0.2) is 0 Å². The molecule has 4 heteroatoms. The molecule has 0 saturated heterocycles. The second kappa shape index (κ2) is 7.15. The molecule has 0 amide bonds. The summed E-state index contributed by atoms with van der Waals surface area (Å²) in [4.78, 5) is 0. The zero-order chi connectivity index (χ0) is 14.4. The molecule has 0 bridgehead atoms. The Morgan fingerprint density at radius 3 is 2.80 bits per heavy atom. The molecule has 0 heterocycles. The van der Waals surface area contributed by atoms with Crippen LogP contribution in [0.3, 0.4) is 0 Å². The van der Waals surface area contributed by atoms with E-state index in [0.29, 0.717) is 18.2 Å². The van der Waals surface area contributed by atoms with Gasteiger partial charge in [-0.25, -0.2) is 4.39 Å². The predicted octanol–water partition coefficient (Wildman–Crippen LogP) is 4.88. The maximum Gasteiger partial charge on any atom is 0.142 e. The highest BCUT2D eigenvalue weighted by atomic mass is 35.5. The lowest BCUT2D eigenvalue weighted by molar-refractivity contribution is 0.319. The molecule has 0 saturated carbocycles. The van der Waals surface area contributed by atoms with Gasteiger partial charge in [-0.3, -0.25) is 0 Å². The highest BCUT2D eigenvalue weighted by Crippen LogP contribution is 2.28. The summed E-state index contributed by atoms with van der Waals surface area (Å²) in [5.41, 5.74) is 1.68. The monoisotopic (exact) mass is 293 g/mol. The Bertz CT molecular complexity index is 574. The van der Waals surface area contributed by atoms with Crippen LogP contribution in [0.1, 0.15) is 18.9 Å². The molecule has 0 spiro atoms. The van der Waals surface area contributed by atoms with Gasteiger partial charge in [-0.15, -0.1) is 0 Å². The smallest absolute Gasteiger partial charge is 0.142 e. The second-order valence-corrected chi connectivity index (χ2v) is 4.91. The molecular formula is C16H17ClFNO. The first-order chi connectivity index (χ1) is 9.69. The van der Waals surface area contributed by atoms with Crippen LogP contribution in [0.15, 0.2) is 42.5 Å². The Labute approximate surface area is 123 Å². The van der Waals surface area contributed by atoms with Crippen LogP contribution in [-0.2, 0) is 6.54 Å². The minimum Gasteiger partial charge on any atom is -0.491 e. The van der Waals surface area contributed by atoms with Gasteiger partial charge in [-0.05, 0) is 42.3 Å². The Kier molecular flexibility index (Phi) is 5.24. The van der Waals surface area contributed by atoms with E-state index >= 15 is 0 Å². The van der Waals surface area contributed by atoms with Gasteiger partial charge >= 0.3 is 0 Å². The van der Waals surface area contributed by atoms with Gasteiger partial charge in [0.1, 0.15) is 11.6 Å². The van der Waals surface area contributed by atoms with E-state index in [4.69, 9.17) is 16.3 Å². The third-order valence-electron chi connectivity index (χ3n) is 2.78. The molecule has 2 aromatic carbocycles. The van der Waals surface area contributed by atoms with Crippen molar-refractivity contribution in [2.24, 2.45) is 0 Å². The molecule has 2 aromatic rings. The molecule has 0 aromatic heterocycles. The maximum absolute atomic E-state index is 13.1. The Hall–Kier alpha value is -1.74. The van der Waals surface area contributed by atoms with Crippen LogP contribution in [0, 0.1) is 5.82 Å². The number of rotatable bonds is 6. The first-order valence-electron chi connectivity index (χ1n) is 6.59. The quantitative estimate of drug-likeness (QED) is 0.819. The van der Waals surface area contributed by atoms with E-state index in [0.717, 1.165) is 23.4 Å². The Balaban J connectivity index is 2.09. The number of ether oxygens (including phenoxy) is 1. The standard InChI is InChI=1S/C16H17ClFNO/c1-2-8-20-16-7-6-13(17)10-15(16)19-11-12-4-3-5-14(18)9-12/h3-7,9-10,19H,2,8,11H2,1H3. The predicted molar refractivity (Wildman–Crippen MR) is 81.0 cm³/mol. The van der Waals surface area contributed by atoms with Gasteiger partial charge in [-0.2, -0.15) is 0 Å². The van der Waals surface area contributed by atoms with Crippen LogP contribution < -0.4 is 10.1 Å². The van der Waals surface area contributed by atoms with Crippen LogP contribution in [0.25, 0.3) is 0 Å². The highest BCUT2D eigenvalue weighted by Gasteiger charge is 2.05. The van der Waals surface area contributed by atoms with Crippen molar-refractivity contribution in [3.63, 3.8) is 0 Å². The molecule has 0 aliphatic heterocycles. The van der Waals surface area contributed by atoms with Crippen LogP contribution in [-0.4, -0.2) is 6.61 Å². The lowest BCUT2D eigenvalue weighted by Gasteiger charge is -2.13. The minimum absolute atomic E-state index is 0.238. The second-order valence-electron chi connectivity index (χ2n) is 4.47. The van der Waals surface area contributed by atoms with Crippen LogP contribution in [0.2, 0.25) is 5.02 Å². The van der Waals surface area contributed by atoms with Gasteiger partial charge in [0.2, 0.25) is 0 Å². The molecular weight excluding hydrogens is 277 g/mol. The van der Waals surface area contributed by atoms with E-state index in [1.165, 1.54) is 12.1 Å². The van der Waals surface area contributed by atoms with Crippen molar-refractivity contribution in [1.29, 1.82) is 0 Å². The molecule has 0 aliphatic rings. The normalized spacial score (nSPS) is 10.3. The Morgan fingerprint density at radius 1 is 1.20 bits per heavy atom. The zero-order valence-electron chi connectivity index (χ0n) is 11.3. The van der Waals surface area contributed by atoms with Gasteiger partial charge < -0.3 is 10.1 Å². The summed E-state index contributed by atoms with van der Waals surface area (Å²) in [5, 5.41) is 3.87. The van der Waals surface area contributed by atoms with Crippen LogP contribution in [0.4, 0.5) is 10.1 Å². The molecule has 0 aliphatic carbocycles. The lowest BCUT2D eigenvalue weighted by atomic mass is 10.2. The Morgan fingerprint density at radius 2 is 2.05 bits per heavy atom. The van der Waals surface area contributed by atoms with E-state index in [-0.39, 0.29) is 5.82 Å². The molecule has 0 radical (unpaired) electrons. The van der Waals surface area contributed by atoms with Gasteiger partial charge in [0.25, 0.3) is 0 Å². The van der Waals surface area contributed by atoms with Crippen molar-refractivity contribution in [3.05, 3.63) is 58.9 Å². The molecule has 0 fully saturated rings. The van der Waals surface area contributed by atoms with Crippen molar-refractivity contribution >= 4 is 17.3 Å². The SMILES string of the molecule is CCCOc1ccc(Cl)cc1NCc1cccc(F)c1.